The first kappa shape index (κ1) is 15.2. The summed E-state index contributed by atoms with van der Waals surface area (Å²) in [4.78, 5) is 2.30. The van der Waals surface area contributed by atoms with Gasteiger partial charge < -0.3 is 15.3 Å². The second kappa shape index (κ2) is 9.09. The molecular weight excluding hydrogens is 224 g/mol. The van der Waals surface area contributed by atoms with E-state index in [1.54, 1.807) is 0 Å². The van der Waals surface area contributed by atoms with Gasteiger partial charge in [0.2, 0.25) is 0 Å². The van der Waals surface area contributed by atoms with Gasteiger partial charge in [-0.05, 0) is 32.0 Å². The van der Waals surface area contributed by atoms with Gasteiger partial charge >= 0.3 is 0 Å². The van der Waals surface area contributed by atoms with Crippen molar-refractivity contribution in [2.75, 3.05) is 26.7 Å². The van der Waals surface area contributed by atoms with Crippen LogP contribution in [0.15, 0.2) is 30.3 Å². The first-order valence-corrected chi connectivity index (χ1v) is 6.83. The van der Waals surface area contributed by atoms with Crippen molar-refractivity contribution in [1.82, 2.24) is 10.2 Å². The van der Waals surface area contributed by atoms with Crippen molar-refractivity contribution < 1.29 is 5.11 Å². The molecule has 3 heteroatoms. The van der Waals surface area contributed by atoms with Crippen LogP contribution >= 0.6 is 0 Å². The van der Waals surface area contributed by atoms with Gasteiger partial charge in [-0.2, -0.15) is 0 Å². The summed E-state index contributed by atoms with van der Waals surface area (Å²) in [5, 5.41) is 12.6. The van der Waals surface area contributed by atoms with Crippen molar-refractivity contribution in [3.05, 3.63) is 35.9 Å². The third-order valence-electron chi connectivity index (χ3n) is 2.99. The molecule has 0 saturated carbocycles. The smallest absolute Gasteiger partial charge is 0.0446 e. The second-order valence-electron chi connectivity index (χ2n) is 4.85. The third-order valence-corrected chi connectivity index (χ3v) is 2.99. The molecule has 0 aromatic heterocycles. The predicted molar refractivity (Wildman–Crippen MR) is 76.6 cm³/mol. The lowest BCUT2D eigenvalue weighted by Gasteiger charge is -2.24. The number of likely N-dealkylation sites (N-methyl/N-ethyl adjacent to an activating group) is 1. The molecule has 18 heavy (non-hydrogen) atoms. The highest BCUT2D eigenvalue weighted by Crippen LogP contribution is 2.04. The van der Waals surface area contributed by atoms with Crippen molar-refractivity contribution in [2.45, 2.75) is 32.4 Å². The first-order valence-electron chi connectivity index (χ1n) is 6.83. The average Bonchev–Trinajstić information content (AvgIpc) is 2.37. The van der Waals surface area contributed by atoms with Crippen LogP contribution in [-0.4, -0.2) is 42.8 Å². The van der Waals surface area contributed by atoms with E-state index in [1.165, 1.54) is 5.56 Å². The van der Waals surface area contributed by atoms with E-state index in [4.69, 9.17) is 5.11 Å². The van der Waals surface area contributed by atoms with Crippen molar-refractivity contribution in [3.8, 4) is 0 Å². The predicted octanol–water partition coefficient (Wildman–Crippen LogP) is 1.87. The molecule has 0 heterocycles. The SMILES string of the molecule is CCCNC(CCO)CN(C)Cc1ccccc1. The number of aliphatic hydroxyl groups excluding tert-OH is 1. The van der Waals surface area contributed by atoms with Gasteiger partial charge in [-0.25, -0.2) is 0 Å². The molecule has 0 fully saturated rings. The molecule has 1 rings (SSSR count). The molecule has 1 unspecified atom stereocenters. The number of hydrogen-bond acceptors (Lipinski definition) is 3. The first-order chi connectivity index (χ1) is 8.76. The van der Waals surface area contributed by atoms with Crippen LogP contribution in [0.1, 0.15) is 25.3 Å². The Bertz CT molecular complexity index is 303. The van der Waals surface area contributed by atoms with E-state index < -0.39 is 0 Å². The molecule has 0 aliphatic carbocycles. The molecule has 1 atom stereocenters. The van der Waals surface area contributed by atoms with Crippen LogP contribution in [0, 0.1) is 0 Å². The molecule has 102 valence electrons. The van der Waals surface area contributed by atoms with E-state index in [0.29, 0.717) is 6.04 Å². The molecule has 0 amide bonds. The van der Waals surface area contributed by atoms with E-state index in [0.717, 1.165) is 32.5 Å². The maximum Gasteiger partial charge on any atom is 0.0446 e. The molecule has 0 aliphatic heterocycles. The average molecular weight is 250 g/mol. The Kier molecular flexibility index (Phi) is 7.65. The quantitative estimate of drug-likeness (QED) is 0.702. The Morgan fingerprint density at radius 3 is 2.61 bits per heavy atom. The van der Waals surface area contributed by atoms with E-state index in [1.807, 2.05) is 6.07 Å². The van der Waals surface area contributed by atoms with Crippen LogP contribution in [0.4, 0.5) is 0 Å². The maximum atomic E-state index is 9.08. The van der Waals surface area contributed by atoms with Crippen LogP contribution in [-0.2, 0) is 6.54 Å². The van der Waals surface area contributed by atoms with Crippen molar-refractivity contribution in [3.63, 3.8) is 0 Å². The van der Waals surface area contributed by atoms with Crippen LogP contribution in [0.2, 0.25) is 0 Å². The molecule has 1 aromatic rings. The summed E-state index contributed by atoms with van der Waals surface area (Å²) in [6, 6.07) is 10.9. The van der Waals surface area contributed by atoms with Gasteiger partial charge in [-0.3, -0.25) is 0 Å². The highest BCUT2D eigenvalue weighted by molar-refractivity contribution is 5.14. The summed E-state index contributed by atoms with van der Waals surface area (Å²) in [6.45, 7) is 5.35. The van der Waals surface area contributed by atoms with Crippen LogP contribution in [0.3, 0.4) is 0 Å². The molecule has 2 N–H and O–H groups in total. The molecule has 1 aromatic carbocycles. The van der Waals surface area contributed by atoms with E-state index >= 15 is 0 Å². The Morgan fingerprint density at radius 1 is 1.28 bits per heavy atom. The Balaban J connectivity index is 2.37. The zero-order chi connectivity index (χ0) is 13.2. The van der Waals surface area contributed by atoms with Gasteiger partial charge in [0.15, 0.2) is 0 Å². The van der Waals surface area contributed by atoms with Crippen LogP contribution in [0.5, 0.6) is 0 Å². The van der Waals surface area contributed by atoms with Gasteiger partial charge in [-0.15, -0.1) is 0 Å². The number of rotatable bonds is 9. The fraction of sp³-hybridized carbons (Fsp3) is 0.600. The van der Waals surface area contributed by atoms with E-state index in [2.05, 4.69) is 48.5 Å². The minimum absolute atomic E-state index is 0.251. The second-order valence-corrected chi connectivity index (χ2v) is 4.85. The molecule has 0 aliphatic rings. The lowest BCUT2D eigenvalue weighted by Crippen LogP contribution is -2.40. The van der Waals surface area contributed by atoms with Crippen molar-refractivity contribution in [1.29, 1.82) is 0 Å². The number of benzene rings is 1. The van der Waals surface area contributed by atoms with Gasteiger partial charge in [0, 0.05) is 25.7 Å². The minimum atomic E-state index is 0.251. The fourth-order valence-electron chi connectivity index (χ4n) is 2.10. The highest BCUT2D eigenvalue weighted by Gasteiger charge is 2.10. The summed E-state index contributed by atoms with van der Waals surface area (Å²) in [5.74, 6) is 0. The molecule has 3 nitrogen and oxygen atoms in total. The van der Waals surface area contributed by atoms with E-state index in [9.17, 15) is 0 Å². The van der Waals surface area contributed by atoms with Crippen molar-refractivity contribution >= 4 is 0 Å². The van der Waals surface area contributed by atoms with E-state index in [-0.39, 0.29) is 6.61 Å². The number of hydrogen-bond donors (Lipinski definition) is 2. The van der Waals surface area contributed by atoms with Gasteiger partial charge in [-0.1, -0.05) is 37.3 Å². The number of aliphatic hydroxyl groups is 1. The van der Waals surface area contributed by atoms with Gasteiger partial charge in [0.25, 0.3) is 0 Å². The lowest BCUT2D eigenvalue weighted by atomic mass is 10.1. The Labute approximate surface area is 111 Å². The molecule has 0 bridgehead atoms. The van der Waals surface area contributed by atoms with Gasteiger partial charge in [0.1, 0.15) is 0 Å². The van der Waals surface area contributed by atoms with Gasteiger partial charge in [0.05, 0.1) is 0 Å². The normalized spacial score (nSPS) is 12.9. The third kappa shape index (κ3) is 6.15. The fourth-order valence-corrected chi connectivity index (χ4v) is 2.10. The lowest BCUT2D eigenvalue weighted by molar-refractivity contribution is 0.226. The topological polar surface area (TPSA) is 35.5 Å². The largest absolute Gasteiger partial charge is 0.396 e. The summed E-state index contributed by atoms with van der Waals surface area (Å²) < 4.78 is 0. The van der Waals surface area contributed by atoms with Crippen molar-refractivity contribution in [2.24, 2.45) is 0 Å². The molecule has 0 radical (unpaired) electrons. The minimum Gasteiger partial charge on any atom is -0.396 e. The summed E-state index contributed by atoms with van der Waals surface area (Å²) in [5.41, 5.74) is 1.33. The number of nitrogens with one attached hydrogen (secondary N) is 1. The summed E-state index contributed by atoms with van der Waals surface area (Å²) >= 11 is 0. The zero-order valence-electron chi connectivity index (χ0n) is 11.6. The molecule has 0 spiro atoms. The zero-order valence-corrected chi connectivity index (χ0v) is 11.6. The molecular formula is C15H26N2O. The summed E-state index contributed by atoms with van der Waals surface area (Å²) in [6.07, 6.45) is 1.95. The summed E-state index contributed by atoms with van der Waals surface area (Å²) in [7, 11) is 2.13. The Hall–Kier alpha value is -0.900. The standard InChI is InChI=1S/C15H26N2O/c1-3-10-16-15(9-11-18)13-17(2)12-14-7-5-4-6-8-14/h4-8,15-16,18H,3,9-13H2,1-2H3. The highest BCUT2D eigenvalue weighted by atomic mass is 16.3. The molecule has 0 saturated heterocycles. The monoisotopic (exact) mass is 250 g/mol. The number of nitrogens with zero attached hydrogens (tertiary/aromatic N) is 1. The Morgan fingerprint density at radius 2 is 2.00 bits per heavy atom. The van der Waals surface area contributed by atoms with Crippen LogP contribution in [0.25, 0.3) is 0 Å². The maximum absolute atomic E-state index is 9.08. The van der Waals surface area contributed by atoms with Crippen LogP contribution < -0.4 is 5.32 Å².